The number of esters is 1. The Hall–Kier alpha value is -1.44. The Balaban J connectivity index is 2.58. The summed E-state index contributed by atoms with van der Waals surface area (Å²) >= 11 is 1.25. The van der Waals surface area contributed by atoms with Gasteiger partial charge in [0.1, 0.15) is 4.88 Å². The molecule has 2 N–H and O–H groups in total. The lowest BCUT2D eigenvalue weighted by atomic mass is 10.2. The Morgan fingerprint density at radius 1 is 1.37 bits per heavy atom. The van der Waals surface area contributed by atoms with Gasteiger partial charge in [-0.25, -0.2) is 4.79 Å². The molecule has 7 heteroatoms. The maximum atomic E-state index is 11.7. The quantitative estimate of drug-likeness (QED) is 0.578. The number of carbonyl (C=O) groups is 2. The molecule has 1 amide bonds. The minimum Gasteiger partial charge on any atom is -0.465 e. The first kappa shape index (κ1) is 15.6. The lowest BCUT2D eigenvalue weighted by molar-refractivity contribution is -0.115. The molecule has 0 aliphatic rings. The molecule has 19 heavy (non-hydrogen) atoms. The molecule has 0 saturated carbocycles. The van der Waals surface area contributed by atoms with Gasteiger partial charge in [0.05, 0.1) is 25.9 Å². The summed E-state index contributed by atoms with van der Waals surface area (Å²) in [5.74, 6) is -0.650. The lowest BCUT2D eigenvalue weighted by Crippen LogP contribution is -2.30. The summed E-state index contributed by atoms with van der Waals surface area (Å²) in [4.78, 5) is 23.7. The first-order valence-electron chi connectivity index (χ1n) is 5.76. The standard InChI is InChI=1S/C12H18N2O4S/c1-8-7-19-11(12(16)18-3)10(8)14-9(15)6-13-4-5-17-2/h7,13H,4-6H2,1-3H3,(H,14,15). The number of methoxy groups -OCH3 is 2. The van der Waals surface area contributed by atoms with Gasteiger partial charge in [-0.2, -0.15) is 0 Å². The van der Waals surface area contributed by atoms with E-state index in [0.717, 1.165) is 5.56 Å². The molecule has 0 saturated heterocycles. The average molecular weight is 286 g/mol. The Labute approximate surface area is 116 Å². The first-order chi connectivity index (χ1) is 9.10. The third-order valence-corrected chi connectivity index (χ3v) is 3.46. The number of ether oxygens (including phenoxy) is 2. The van der Waals surface area contributed by atoms with Gasteiger partial charge in [0.15, 0.2) is 0 Å². The van der Waals surface area contributed by atoms with E-state index in [1.807, 2.05) is 6.92 Å². The van der Waals surface area contributed by atoms with Crippen LogP contribution in [-0.2, 0) is 14.3 Å². The highest BCUT2D eigenvalue weighted by Crippen LogP contribution is 2.28. The fourth-order valence-corrected chi connectivity index (χ4v) is 2.32. The van der Waals surface area contributed by atoms with Crippen molar-refractivity contribution in [1.29, 1.82) is 0 Å². The Morgan fingerprint density at radius 2 is 2.11 bits per heavy atom. The van der Waals surface area contributed by atoms with Gasteiger partial charge in [-0.1, -0.05) is 0 Å². The van der Waals surface area contributed by atoms with Crippen molar-refractivity contribution in [3.63, 3.8) is 0 Å². The van der Waals surface area contributed by atoms with E-state index < -0.39 is 5.97 Å². The van der Waals surface area contributed by atoms with Crippen LogP contribution in [0.2, 0.25) is 0 Å². The van der Waals surface area contributed by atoms with Crippen molar-refractivity contribution in [2.45, 2.75) is 6.92 Å². The molecule has 0 fully saturated rings. The van der Waals surface area contributed by atoms with E-state index in [1.54, 1.807) is 12.5 Å². The normalized spacial score (nSPS) is 10.3. The number of hydrogen-bond acceptors (Lipinski definition) is 6. The van der Waals surface area contributed by atoms with Crippen LogP contribution in [0.3, 0.4) is 0 Å². The van der Waals surface area contributed by atoms with Gasteiger partial charge in [0.2, 0.25) is 5.91 Å². The fourth-order valence-electron chi connectivity index (χ4n) is 1.40. The van der Waals surface area contributed by atoms with Crippen LogP contribution >= 0.6 is 11.3 Å². The highest BCUT2D eigenvalue weighted by molar-refractivity contribution is 7.12. The molecule has 1 aromatic heterocycles. The van der Waals surface area contributed by atoms with Crippen LogP contribution in [0.1, 0.15) is 15.2 Å². The molecule has 0 radical (unpaired) electrons. The zero-order chi connectivity index (χ0) is 14.3. The molecule has 0 aromatic carbocycles. The second-order valence-electron chi connectivity index (χ2n) is 3.83. The molecule has 0 spiro atoms. The molecule has 0 aliphatic carbocycles. The predicted molar refractivity (Wildman–Crippen MR) is 73.8 cm³/mol. The molecule has 1 heterocycles. The molecule has 0 bridgehead atoms. The zero-order valence-electron chi connectivity index (χ0n) is 11.2. The molecule has 6 nitrogen and oxygen atoms in total. The molecule has 1 rings (SSSR count). The van der Waals surface area contributed by atoms with Gasteiger partial charge >= 0.3 is 5.97 Å². The van der Waals surface area contributed by atoms with E-state index in [9.17, 15) is 9.59 Å². The van der Waals surface area contributed by atoms with E-state index in [1.165, 1.54) is 18.4 Å². The van der Waals surface area contributed by atoms with Gasteiger partial charge in [-0.15, -0.1) is 11.3 Å². The van der Waals surface area contributed by atoms with Crippen molar-refractivity contribution in [1.82, 2.24) is 5.32 Å². The van der Waals surface area contributed by atoms with Gasteiger partial charge in [0.25, 0.3) is 0 Å². The fraction of sp³-hybridized carbons (Fsp3) is 0.500. The van der Waals surface area contributed by atoms with Gasteiger partial charge in [-0.05, 0) is 17.9 Å². The van der Waals surface area contributed by atoms with Gasteiger partial charge in [-0.3, -0.25) is 4.79 Å². The maximum absolute atomic E-state index is 11.7. The van der Waals surface area contributed by atoms with Crippen molar-refractivity contribution in [2.75, 3.05) is 39.2 Å². The molecule has 0 aliphatic heterocycles. The average Bonchev–Trinajstić information content (AvgIpc) is 2.75. The summed E-state index contributed by atoms with van der Waals surface area (Å²) in [5.41, 5.74) is 1.37. The second kappa shape index (κ2) is 7.88. The zero-order valence-corrected chi connectivity index (χ0v) is 12.1. The summed E-state index contributed by atoms with van der Waals surface area (Å²) in [6.45, 7) is 3.13. The van der Waals surface area contributed by atoms with E-state index in [-0.39, 0.29) is 12.5 Å². The van der Waals surface area contributed by atoms with Crippen molar-refractivity contribution >= 4 is 28.9 Å². The number of carbonyl (C=O) groups excluding carboxylic acids is 2. The van der Waals surface area contributed by atoms with Crippen molar-refractivity contribution in [2.24, 2.45) is 0 Å². The topological polar surface area (TPSA) is 76.7 Å². The highest BCUT2D eigenvalue weighted by atomic mass is 32.1. The summed E-state index contributed by atoms with van der Waals surface area (Å²) in [6.07, 6.45) is 0. The third kappa shape index (κ3) is 4.62. The Bertz CT molecular complexity index is 445. The monoisotopic (exact) mass is 286 g/mol. The molecule has 1 aromatic rings. The number of thiophene rings is 1. The second-order valence-corrected chi connectivity index (χ2v) is 4.71. The number of nitrogens with one attached hydrogen (secondary N) is 2. The minimum absolute atomic E-state index is 0.166. The summed E-state index contributed by atoms with van der Waals surface area (Å²) in [5, 5.41) is 7.45. The smallest absolute Gasteiger partial charge is 0.350 e. The van der Waals surface area contributed by atoms with Crippen LogP contribution in [0, 0.1) is 6.92 Å². The molecule has 106 valence electrons. The third-order valence-electron chi connectivity index (χ3n) is 2.38. The largest absolute Gasteiger partial charge is 0.465 e. The number of aryl methyl sites for hydroxylation is 1. The van der Waals surface area contributed by atoms with Crippen LogP contribution in [0.15, 0.2) is 5.38 Å². The van der Waals surface area contributed by atoms with Crippen LogP contribution in [0.5, 0.6) is 0 Å². The molecule has 0 atom stereocenters. The van der Waals surface area contributed by atoms with Crippen LogP contribution in [0.4, 0.5) is 5.69 Å². The highest BCUT2D eigenvalue weighted by Gasteiger charge is 2.18. The van der Waals surface area contributed by atoms with E-state index in [4.69, 9.17) is 4.74 Å². The van der Waals surface area contributed by atoms with Gasteiger partial charge < -0.3 is 20.1 Å². The summed E-state index contributed by atoms with van der Waals surface area (Å²) < 4.78 is 9.53. The van der Waals surface area contributed by atoms with Crippen LogP contribution in [0.25, 0.3) is 0 Å². The molecular formula is C12H18N2O4S. The van der Waals surface area contributed by atoms with Crippen molar-refractivity contribution in [3.8, 4) is 0 Å². The summed E-state index contributed by atoms with van der Waals surface area (Å²) in [7, 11) is 2.91. The first-order valence-corrected chi connectivity index (χ1v) is 6.64. The number of amides is 1. The molecular weight excluding hydrogens is 268 g/mol. The maximum Gasteiger partial charge on any atom is 0.350 e. The molecule has 0 unspecified atom stereocenters. The Kier molecular flexibility index (Phi) is 6.48. The van der Waals surface area contributed by atoms with Crippen molar-refractivity contribution < 1.29 is 19.1 Å². The predicted octanol–water partition coefficient (Wildman–Crippen LogP) is 1.02. The SMILES string of the molecule is COCCNCC(=O)Nc1c(C)csc1C(=O)OC. The van der Waals surface area contributed by atoms with Crippen molar-refractivity contribution in [3.05, 3.63) is 15.8 Å². The number of anilines is 1. The Morgan fingerprint density at radius 3 is 2.74 bits per heavy atom. The van der Waals surface area contributed by atoms with E-state index >= 15 is 0 Å². The van der Waals surface area contributed by atoms with E-state index in [2.05, 4.69) is 15.4 Å². The van der Waals surface area contributed by atoms with Gasteiger partial charge in [0, 0.05) is 13.7 Å². The minimum atomic E-state index is -0.444. The summed E-state index contributed by atoms with van der Waals surface area (Å²) in [6, 6.07) is 0. The number of hydrogen-bond donors (Lipinski definition) is 2. The number of rotatable bonds is 7. The van der Waals surface area contributed by atoms with Crippen LogP contribution < -0.4 is 10.6 Å². The van der Waals surface area contributed by atoms with Crippen LogP contribution in [-0.4, -0.2) is 45.8 Å². The van der Waals surface area contributed by atoms with E-state index in [0.29, 0.717) is 23.7 Å². The lowest BCUT2D eigenvalue weighted by Gasteiger charge is -2.08.